The average Bonchev–Trinajstić information content (AvgIpc) is 2.35. The van der Waals surface area contributed by atoms with Crippen LogP contribution in [0.2, 0.25) is 0 Å². The van der Waals surface area contributed by atoms with Crippen molar-refractivity contribution in [3.8, 4) is 0 Å². The topological polar surface area (TPSA) is 12.0 Å². The van der Waals surface area contributed by atoms with Crippen LogP contribution in [0.25, 0.3) is 0 Å². The molecule has 0 saturated heterocycles. The van der Waals surface area contributed by atoms with Crippen LogP contribution in [0, 0.1) is 17.6 Å². The molecule has 0 amide bonds. The Hall–Kier alpha value is -1.10. The van der Waals surface area contributed by atoms with Gasteiger partial charge in [-0.1, -0.05) is 6.92 Å². The molecule has 1 aliphatic rings. The lowest BCUT2D eigenvalue weighted by Crippen LogP contribution is -2.34. The van der Waals surface area contributed by atoms with E-state index in [4.69, 9.17) is 0 Å². The maximum Gasteiger partial charge on any atom is 0.248 e. The Morgan fingerprint density at radius 3 is 2.20 bits per heavy atom. The van der Waals surface area contributed by atoms with E-state index in [0.717, 1.165) is 6.07 Å². The van der Waals surface area contributed by atoms with E-state index in [1.807, 2.05) is 6.92 Å². The first-order chi connectivity index (χ1) is 9.41. The molecule has 20 heavy (non-hydrogen) atoms. The van der Waals surface area contributed by atoms with Gasteiger partial charge in [0.2, 0.25) is 5.92 Å². The van der Waals surface area contributed by atoms with E-state index in [0.29, 0.717) is 24.9 Å². The highest BCUT2D eigenvalue weighted by molar-refractivity contribution is 5.22. The fraction of sp³-hybridized carbons (Fsp3) is 0.600. The second-order valence-corrected chi connectivity index (χ2v) is 5.43. The van der Waals surface area contributed by atoms with E-state index in [9.17, 15) is 17.6 Å². The molecular weight excluding hydrogens is 270 g/mol. The van der Waals surface area contributed by atoms with Crippen LogP contribution in [0.1, 0.15) is 44.2 Å². The third kappa shape index (κ3) is 3.72. The first-order valence-electron chi connectivity index (χ1n) is 6.98. The van der Waals surface area contributed by atoms with Crippen molar-refractivity contribution in [1.29, 1.82) is 0 Å². The van der Waals surface area contributed by atoms with Crippen molar-refractivity contribution in [2.45, 2.75) is 44.6 Å². The second-order valence-electron chi connectivity index (χ2n) is 5.43. The van der Waals surface area contributed by atoms with Gasteiger partial charge in [-0.3, -0.25) is 0 Å². The third-order valence-electron chi connectivity index (χ3n) is 3.90. The minimum absolute atomic E-state index is 0.0178. The van der Waals surface area contributed by atoms with Gasteiger partial charge in [0, 0.05) is 24.9 Å². The maximum atomic E-state index is 13.3. The van der Waals surface area contributed by atoms with Crippen molar-refractivity contribution >= 4 is 0 Å². The lowest BCUT2D eigenvalue weighted by Gasteiger charge is -2.34. The zero-order valence-electron chi connectivity index (χ0n) is 11.4. The van der Waals surface area contributed by atoms with Gasteiger partial charge in [-0.05, 0) is 43.0 Å². The molecule has 1 nitrogen and oxygen atoms in total. The highest BCUT2D eigenvalue weighted by Crippen LogP contribution is 2.41. The number of benzene rings is 1. The predicted molar refractivity (Wildman–Crippen MR) is 69.7 cm³/mol. The van der Waals surface area contributed by atoms with E-state index in [2.05, 4.69) is 5.32 Å². The van der Waals surface area contributed by atoms with Gasteiger partial charge in [-0.25, -0.2) is 17.6 Å². The summed E-state index contributed by atoms with van der Waals surface area (Å²) in [5, 5.41) is 3.17. The average molecular weight is 289 g/mol. The number of nitrogens with one attached hydrogen (secondary N) is 1. The van der Waals surface area contributed by atoms with Crippen molar-refractivity contribution in [2.24, 2.45) is 5.92 Å². The first kappa shape index (κ1) is 15.3. The van der Waals surface area contributed by atoms with E-state index in [1.54, 1.807) is 0 Å². The smallest absolute Gasteiger partial charge is 0.248 e. The number of hydrogen-bond acceptors (Lipinski definition) is 1. The van der Waals surface area contributed by atoms with Crippen LogP contribution in [-0.2, 0) is 0 Å². The van der Waals surface area contributed by atoms with E-state index in [-0.39, 0.29) is 24.8 Å². The van der Waals surface area contributed by atoms with Crippen LogP contribution < -0.4 is 5.32 Å². The first-order valence-corrected chi connectivity index (χ1v) is 6.98. The Morgan fingerprint density at radius 2 is 1.70 bits per heavy atom. The minimum Gasteiger partial charge on any atom is -0.310 e. The quantitative estimate of drug-likeness (QED) is 0.808. The number of rotatable bonds is 4. The monoisotopic (exact) mass is 289 g/mol. The molecule has 1 N–H and O–H groups in total. The molecule has 0 aliphatic heterocycles. The molecular formula is C15H19F4N. The summed E-state index contributed by atoms with van der Waals surface area (Å²) in [6.45, 7) is 2.51. The second kappa shape index (κ2) is 6.12. The van der Waals surface area contributed by atoms with Crippen molar-refractivity contribution in [2.75, 3.05) is 6.54 Å². The van der Waals surface area contributed by atoms with Crippen LogP contribution in [0.5, 0.6) is 0 Å². The molecule has 1 aliphatic carbocycles. The fourth-order valence-electron chi connectivity index (χ4n) is 2.93. The molecule has 1 fully saturated rings. The summed E-state index contributed by atoms with van der Waals surface area (Å²) < 4.78 is 53.1. The van der Waals surface area contributed by atoms with Gasteiger partial charge in [0.15, 0.2) is 0 Å². The Bertz CT molecular complexity index is 431. The molecule has 1 atom stereocenters. The SMILES string of the molecule is CCNC(c1cc(F)cc(F)c1)C1CCC(F)(F)CC1. The van der Waals surface area contributed by atoms with Crippen LogP contribution in [-0.4, -0.2) is 12.5 Å². The summed E-state index contributed by atoms with van der Waals surface area (Å²) in [4.78, 5) is 0. The van der Waals surface area contributed by atoms with E-state index >= 15 is 0 Å². The van der Waals surface area contributed by atoms with Crippen molar-refractivity contribution in [3.05, 3.63) is 35.4 Å². The third-order valence-corrected chi connectivity index (χ3v) is 3.90. The Morgan fingerprint density at radius 1 is 1.15 bits per heavy atom. The van der Waals surface area contributed by atoms with Crippen LogP contribution in [0.4, 0.5) is 17.6 Å². The summed E-state index contributed by atoms with van der Waals surface area (Å²) in [7, 11) is 0. The Kier molecular flexibility index (Phi) is 4.68. The molecule has 2 rings (SSSR count). The molecule has 0 bridgehead atoms. The molecule has 1 saturated carbocycles. The molecule has 1 unspecified atom stereocenters. The summed E-state index contributed by atoms with van der Waals surface area (Å²) in [5.41, 5.74) is 0.500. The lowest BCUT2D eigenvalue weighted by atomic mass is 9.79. The summed E-state index contributed by atoms with van der Waals surface area (Å²) in [5.74, 6) is -3.88. The predicted octanol–water partition coefficient (Wildman–Crippen LogP) is 4.44. The minimum atomic E-state index is -2.60. The largest absolute Gasteiger partial charge is 0.310 e. The van der Waals surface area contributed by atoms with Crippen LogP contribution >= 0.6 is 0 Å². The highest BCUT2D eigenvalue weighted by atomic mass is 19.3. The number of hydrogen-bond donors (Lipinski definition) is 1. The number of alkyl halides is 2. The van der Waals surface area contributed by atoms with Gasteiger partial charge in [0.1, 0.15) is 11.6 Å². The molecule has 0 spiro atoms. The van der Waals surface area contributed by atoms with Gasteiger partial charge in [-0.15, -0.1) is 0 Å². The Labute approximate surface area is 116 Å². The molecule has 1 aromatic carbocycles. The summed E-state index contributed by atoms with van der Waals surface area (Å²) >= 11 is 0. The zero-order valence-corrected chi connectivity index (χ0v) is 11.4. The normalized spacial score (nSPS) is 20.9. The molecule has 112 valence electrons. The van der Waals surface area contributed by atoms with E-state index < -0.39 is 17.6 Å². The zero-order chi connectivity index (χ0) is 14.8. The van der Waals surface area contributed by atoms with Gasteiger partial charge in [0.05, 0.1) is 0 Å². The van der Waals surface area contributed by atoms with Crippen molar-refractivity contribution in [3.63, 3.8) is 0 Å². The lowest BCUT2D eigenvalue weighted by molar-refractivity contribution is -0.0497. The summed E-state index contributed by atoms with van der Waals surface area (Å²) in [6.07, 6.45) is 0.417. The van der Waals surface area contributed by atoms with Gasteiger partial charge in [-0.2, -0.15) is 0 Å². The van der Waals surface area contributed by atoms with Gasteiger partial charge >= 0.3 is 0 Å². The standard InChI is InChI=1S/C15H19F4N/c1-2-20-14(10-3-5-15(18,19)6-4-10)11-7-12(16)9-13(17)8-11/h7-10,14,20H,2-6H2,1H3. The number of halogens is 4. The van der Waals surface area contributed by atoms with Crippen LogP contribution in [0.3, 0.4) is 0 Å². The molecule has 0 heterocycles. The van der Waals surface area contributed by atoms with Crippen molar-refractivity contribution in [1.82, 2.24) is 5.32 Å². The maximum absolute atomic E-state index is 13.3. The van der Waals surface area contributed by atoms with Gasteiger partial charge < -0.3 is 5.32 Å². The van der Waals surface area contributed by atoms with E-state index in [1.165, 1.54) is 12.1 Å². The molecule has 5 heteroatoms. The van der Waals surface area contributed by atoms with Gasteiger partial charge in [0.25, 0.3) is 0 Å². The Balaban J connectivity index is 2.18. The highest BCUT2D eigenvalue weighted by Gasteiger charge is 2.37. The van der Waals surface area contributed by atoms with Crippen molar-refractivity contribution < 1.29 is 17.6 Å². The summed E-state index contributed by atoms with van der Waals surface area (Å²) in [6, 6.07) is 3.11. The fourth-order valence-corrected chi connectivity index (χ4v) is 2.93. The molecule has 0 radical (unpaired) electrons. The molecule has 1 aromatic rings. The van der Waals surface area contributed by atoms with Crippen LogP contribution in [0.15, 0.2) is 18.2 Å². The molecule has 0 aromatic heterocycles.